The summed E-state index contributed by atoms with van der Waals surface area (Å²) in [6, 6.07) is 2.00. The van der Waals surface area contributed by atoms with Crippen LogP contribution in [0.5, 0.6) is 0 Å². The molecular formula is C16H23N5O2. The van der Waals surface area contributed by atoms with E-state index in [1.807, 2.05) is 26.8 Å². The summed E-state index contributed by atoms with van der Waals surface area (Å²) in [6.45, 7) is 7.05. The Bertz CT molecular complexity index is 656. The van der Waals surface area contributed by atoms with Gasteiger partial charge in [0, 0.05) is 37.1 Å². The minimum Gasteiger partial charge on any atom is -0.444 e. The predicted molar refractivity (Wildman–Crippen MR) is 86.0 cm³/mol. The molecule has 1 amide bonds. The Morgan fingerprint density at radius 1 is 1.43 bits per heavy atom. The summed E-state index contributed by atoms with van der Waals surface area (Å²) >= 11 is 0. The third-order valence-corrected chi connectivity index (χ3v) is 3.85. The van der Waals surface area contributed by atoms with E-state index in [1.54, 1.807) is 17.3 Å². The van der Waals surface area contributed by atoms with Crippen LogP contribution in [-0.2, 0) is 4.74 Å². The van der Waals surface area contributed by atoms with Crippen molar-refractivity contribution >= 4 is 6.09 Å². The monoisotopic (exact) mass is 317 g/mol. The van der Waals surface area contributed by atoms with E-state index >= 15 is 0 Å². The van der Waals surface area contributed by atoms with Gasteiger partial charge < -0.3 is 14.6 Å². The molecule has 1 aliphatic rings. The Morgan fingerprint density at radius 2 is 2.26 bits per heavy atom. The standard InChI is InChI=1S/C16H23N5O2/c1-16(2,3)23-15(22)21-8-4-5-11(10-21)12-9-13(20-19-12)14-17-6-7-18-14/h6-7,9,11H,4-5,8,10H2,1-3H3,(H,17,18)(H,19,20). The maximum Gasteiger partial charge on any atom is 0.410 e. The zero-order valence-corrected chi connectivity index (χ0v) is 13.8. The van der Waals surface area contributed by atoms with E-state index < -0.39 is 5.60 Å². The van der Waals surface area contributed by atoms with Crippen molar-refractivity contribution in [2.75, 3.05) is 13.1 Å². The number of aromatic nitrogens is 4. The molecular weight excluding hydrogens is 294 g/mol. The Balaban J connectivity index is 1.68. The van der Waals surface area contributed by atoms with E-state index in [-0.39, 0.29) is 12.0 Å². The molecule has 0 aliphatic carbocycles. The number of hydrogen-bond acceptors (Lipinski definition) is 4. The maximum absolute atomic E-state index is 12.2. The van der Waals surface area contributed by atoms with Gasteiger partial charge in [0.25, 0.3) is 0 Å². The Hall–Kier alpha value is -2.31. The van der Waals surface area contributed by atoms with Gasteiger partial charge in [-0.05, 0) is 39.7 Å². The molecule has 2 N–H and O–H groups in total. The number of nitrogens with zero attached hydrogens (tertiary/aromatic N) is 3. The van der Waals surface area contributed by atoms with Crippen LogP contribution in [0.4, 0.5) is 4.79 Å². The van der Waals surface area contributed by atoms with Gasteiger partial charge in [-0.25, -0.2) is 9.78 Å². The third kappa shape index (κ3) is 3.72. The number of carbonyl (C=O) groups excluding carboxylic acids is 1. The lowest BCUT2D eigenvalue weighted by Gasteiger charge is -2.33. The average Bonchev–Trinajstić information content (AvgIpc) is 3.17. The summed E-state index contributed by atoms with van der Waals surface area (Å²) in [5, 5.41) is 7.39. The van der Waals surface area contributed by atoms with Crippen LogP contribution in [0.1, 0.15) is 45.2 Å². The quantitative estimate of drug-likeness (QED) is 0.891. The van der Waals surface area contributed by atoms with Gasteiger partial charge in [-0.15, -0.1) is 0 Å². The summed E-state index contributed by atoms with van der Waals surface area (Å²) in [6.07, 6.45) is 5.22. The largest absolute Gasteiger partial charge is 0.444 e. The van der Waals surface area contributed by atoms with Crippen molar-refractivity contribution in [2.45, 2.75) is 45.1 Å². The maximum atomic E-state index is 12.2. The van der Waals surface area contributed by atoms with Gasteiger partial charge >= 0.3 is 6.09 Å². The summed E-state index contributed by atoms with van der Waals surface area (Å²) in [5.41, 5.74) is 1.36. The Kier molecular flexibility index (Phi) is 4.11. The number of amides is 1. The van der Waals surface area contributed by atoms with Crippen LogP contribution in [-0.4, -0.2) is 49.8 Å². The molecule has 7 nitrogen and oxygen atoms in total. The second kappa shape index (κ2) is 6.06. The van der Waals surface area contributed by atoms with Crippen LogP contribution < -0.4 is 0 Å². The minimum atomic E-state index is -0.468. The van der Waals surface area contributed by atoms with Gasteiger partial charge in [-0.1, -0.05) is 0 Å². The lowest BCUT2D eigenvalue weighted by atomic mass is 9.95. The zero-order chi connectivity index (χ0) is 16.4. The molecule has 1 aliphatic heterocycles. The number of hydrogen-bond donors (Lipinski definition) is 2. The molecule has 3 heterocycles. The molecule has 0 radical (unpaired) electrons. The molecule has 3 rings (SSSR count). The Labute approximate surface area is 135 Å². The van der Waals surface area contributed by atoms with Crippen LogP contribution in [0, 0.1) is 0 Å². The number of aromatic amines is 2. The van der Waals surface area contributed by atoms with Crippen molar-refractivity contribution in [3.05, 3.63) is 24.2 Å². The number of carbonyl (C=O) groups is 1. The fourth-order valence-corrected chi connectivity index (χ4v) is 2.80. The van der Waals surface area contributed by atoms with Crippen molar-refractivity contribution in [1.29, 1.82) is 0 Å². The van der Waals surface area contributed by atoms with Crippen LogP contribution in [0.2, 0.25) is 0 Å². The van der Waals surface area contributed by atoms with E-state index in [0.717, 1.165) is 36.6 Å². The molecule has 2 aromatic heterocycles. The van der Waals surface area contributed by atoms with Crippen LogP contribution >= 0.6 is 0 Å². The minimum absolute atomic E-state index is 0.243. The van der Waals surface area contributed by atoms with Gasteiger partial charge in [-0.3, -0.25) is 5.10 Å². The molecule has 0 aromatic carbocycles. The van der Waals surface area contributed by atoms with E-state index in [0.29, 0.717) is 6.54 Å². The fraction of sp³-hybridized carbons (Fsp3) is 0.562. The van der Waals surface area contributed by atoms with Crippen molar-refractivity contribution < 1.29 is 9.53 Å². The molecule has 0 spiro atoms. The lowest BCUT2D eigenvalue weighted by Crippen LogP contribution is -2.42. The van der Waals surface area contributed by atoms with Gasteiger partial charge in [0.2, 0.25) is 0 Å². The van der Waals surface area contributed by atoms with Crippen molar-refractivity contribution in [3.8, 4) is 11.5 Å². The number of imidazole rings is 1. The molecule has 1 atom stereocenters. The topological polar surface area (TPSA) is 86.9 Å². The van der Waals surface area contributed by atoms with E-state index in [2.05, 4.69) is 20.2 Å². The number of ether oxygens (including phenoxy) is 1. The summed E-state index contributed by atoms with van der Waals surface area (Å²) in [5.74, 6) is 0.986. The molecule has 124 valence electrons. The normalized spacial score (nSPS) is 18.9. The van der Waals surface area contributed by atoms with E-state index in [9.17, 15) is 4.79 Å². The van der Waals surface area contributed by atoms with Gasteiger partial charge in [0.15, 0.2) is 5.82 Å². The highest BCUT2D eigenvalue weighted by molar-refractivity contribution is 5.68. The first-order valence-electron chi connectivity index (χ1n) is 7.95. The van der Waals surface area contributed by atoms with E-state index in [1.165, 1.54) is 0 Å². The smallest absolute Gasteiger partial charge is 0.410 e. The van der Waals surface area contributed by atoms with Gasteiger partial charge in [0.05, 0.1) is 0 Å². The van der Waals surface area contributed by atoms with Crippen molar-refractivity contribution in [1.82, 2.24) is 25.1 Å². The second-order valence-corrected chi connectivity index (χ2v) is 6.91. The highest BCUT2D eigenvalue weighted by Gasteiger charge is 2.29. The predicted octanol–water partition coefficient (Wildman–Crippen LogP) is 2.91. The Morgan fingerprint density at radius 3 is 2.96 bits per heavy atom. The lowest BCUT2D eigenvalue weighted by molar-refractivity contribution is 0.0197. The second-order valence-electron chi connectivity index (χ2n) is 6.91. The summed E-state index contributed by atoms with van der Waals surface area (Å²) in [4.78, 5) is 21.3. The number of H-pyrrole nitrogens is 2. The first kappa shape index (κ1) is 15.6. The van der Waals surface area contributed by atoms with Gasteiger partial charge in [0.1, 0.15) is 11.3 Å². The molecule has 1 unspecified atom stereocenters. The number of rotatable bonds is 2. The number of piperidine rings is 1. The van der Waals surface area contributed by atoms with Crippen LogP contribution in [0.3, 0.4) is 0 Å². The summed E-state index contributed by atoms with van der Waals surface area (Å²) in [7, 11) is 0. The highest BCUT2D eigenvalue weighted by atomic mass is 16.6. The van der Waals surface area contributed by atoms with E-state index in [4.69, 9.17) is 4.74 Å². The summed E-state index contributed by atoms with van der Waals surface area (Å²) < 4.78 is 5.47. The fourth-order valence-electron chi connectivity index (χ4n) is 2.80. The molecule has 0 saturated carbocycles. The third-order valence-electron chi connectivity index (χ3n) is 3.85. The highest BCUT2D eigenvalue weighted by Crippen LogP contribution is 2.28. The molecule has 1 saturated heterocycles. The van der Waals surface area contributed by atoms with Crippen LogP contribution in [0.15, 0.2) is 18.5 Å². The molecule has 0 bridgehead atoms. The molecule has 7 heteroatoms. The van der Waals surface area contributed by atoms with Crippen molar-refractivity contribution in [2.24, 2.45) is 0 Å². The number of nitrogens with one attached hydrogen (secondary N) is 2. The van der Waals surface area contributed by atoms with Gasteiger partial charge in [-0.2, -0.15) is 5.10 Å². The average molecular weight is 317 g/mol. The molecule has 23 heavy (non-hydrogen) atoms. The molecule has 2 aromatic rings. The molecule has 1 fully saturated rings. The first-order valence-corrected chi connectivity index (χ1v) is 7.95. The first-order chi connectivity index (χ1) is 10.9. The number of likely N-dealkylation sites (tertiary alicyclic amines) is 1. The SMILES string of the molecule is CC(C)(C)OC(=O)N1CCCC(c2cc(-c3ncc[nH]3)n[nH]2)C1. The zero-order valence-electron chi connectivity index (χ0n) is 13.8. The van der Waals surface area contributed by atoms with Crippen molar-refractivity contribution in [3.63, 3.8) is 0 Å². The van der Waals surface area contributed by atoms with Crippen LogP contribution in [0.25, 0.3) is 11.5 Å².